The molecule has 1 saturated heterocycles. The van der Waals surface area contributed by atoms with Crippen molar-refractivity contribution in [2.45, 2.75) is 12.5 Å². The zero-order chi connectivity index (χ0) is 13.1. The number of hydrogen-bond acceptors (Lipinski definition) is 3. The minimum Gasteiger partial charge on any atom is -0.481 e. The average Bonchev–Trinajstić information content (AvgIpc) is 2.74. The fourth-order valence-electron chi connectivity index (χ4n) is 1.79. The van der Waals surface area contributed by atoms with E-state index in [1.807, 2.05) is 0 Å². The Hall–Kier alpha value is -1.69. The molecule has 1 amide bonds. The molecule has 2 rings (SSSR count). The first-order chi connectivity index (χ1) is 8.56. The summed E-state index contributed by atoms with van der Waals surface area (Å²) in [5, 5.41) is 9.27. The van der Waals surface area contributed by atoms with Crippen molar-refractivity contribution >= 4 is 5.91 Å². The van der Waals surface area contributed by atoms with Crippen LogP contribution in [-0.2, 0) is 4.79 Å². The van der Waals surface area contributed by atoms with Gasteiger partial charge in [0.05, 0.1) is 6.10 Å². The van der Waals surface area contributed by atoms with Gasteiger partial charge in [-0.1, -0.05) is 0 Å². The molecular formula is C12H13F2NO3. The summed E-state index contributed by atoms with van der Waals surface area (Å²) in [4.78, 5) is 13.1. The van der Waals surface area contributed by atoms with E-state index in [1.165, 1.54) is 4.90 Å². The summed E-state index contributed by atoms with van der Waals surface area (Å²) in [6.45, 7) is 0.415. The number of hydrogen-bond donors (Lipinski definition) is 1. The summed E-state index contributed by atoms with van der Waals surface area (Å²) >= 11 is 0. The van der Waals surface area contributed by atoms with E-state index in [-0.39, 0.29) is 24.8 Å². The average molecular weight is 257 g/mol. The van der Waals surface area contributed by atoms with Gasteiger partial charge in [0.15, 0.2) is 18.2 Å². The fourth-order valence-corrected chi connectivity index (χ4v) is 1.79. The van der Waals surface area contributed by atoms with Crippen molar-refractivity contribution in [2.75, 3.05) is 19.7 Å². The van der Waals surface area contributed by atoms with Gasteiger partial charge in [0, 0.05) is 19.2 Å². The van der Waals surface area contributed by atoms with Gasteiger partial charge < -0.3 is 14.7 Å². The van der Waals surface area contributed by atoms with E-state index in [1.54, 1.807) is 0 Å². The summed E-state index contributed by atoms with van der Waals surface area (Å²) in [5.74, 6) is -2.03. The number of rotatable bonds is 3. The van der Waals surface area contributed by atoms with Crippen LogP contribution in [0, 0.1) is 11.6 Å². The van der Waals surface area contributed by atoms with E-state index in [0.717, 1.165) is 12.1 Å². The Kier molecular flexibility index (Phi) is 3.76. The molecule has 98 valence electrons. The molecule has 1 aromatic rings. The minimum absolute atomic E-state index is 0.163. The molecule has 1 heterocycles. The topological polar surface area (TPSA) is 49.8 Å². The molecule has 0 saturated carbocycles. The van der Waals surface area contributed by atoms with Crippen molar-refractivity contribution in [2.24, 2.45) is 0 Å². The van der Waals surface area contributed by atoms with Crippen molar-refractivity contribution in [1.29, 1.82) is 0 Å². The molecule has 1 unspecified atom stereocenters. The van der Waals surface area contributed by atoms with Gasteiger partial charge in [0.1, 0.15) is 5.82 Å². The molecule has 1 fully saturated rings. The molecule has 0 spiro atoms. The number of carbonyl (C=O) groups is 1. The normalized spacial score (nSPS) is 19.1. The van der Waals surface area contributed by atoms with E-state index in [4.69, 9.17) is 4.74 Å². The van der Waals surface area contributed by atoms with Gasteiger partial charge in [-0.2, -0.15) is 0 Å². The SMILES string of the molecule is O=C(COc1ccc(F)cc1F)N1CCC(O)C1. The molecule has 4 nitrogen and oxygen atoms in total. The first-order valence-electron chi connectivity index (χ1n) is 5.60. The summed E-state index contributed by atoms with van der Waals surface area (Å²) in [6, 6.07) is 2.89. The number of amides is 1. The van der Waals surface area contributed by atoms with Crippen LogP contribution in [0.5, 0.6) is 5.75 Å². The number of halogens is 2. The monoisotopic (exact) mass is 257 g/mol. The van der Waals surface area contributed by atoms with E-state index in [2.05, 4.69) is 0 Å². The van der Waals surface area contributed by atoms with Crippen LogP contribution < -0.4 is 4.74 Å². The third-order valence-corrected chi connectivity index (χ3v) is 2.76. The van der Waals surface area contributed by atoms with Crippen LogP contribution >= 0.6 is 0 Å². The number of nitrogens with zero attached hydrogens (tertiary/aromatic N) is 1. The number of carbonyl (C=O) groups excluding carboxylic acids is 1. The predicted octanol–water partition coefficient (Wildman–Crippen LogP) is 0.937. The molecule has 1 N–H and O–H groups in total. The number of likely N-dealkylation sites (tertiary alicyclic amines) is 1. The number of β-amino-alcohol motifs (C(OH)–C–C–N with tert-alkyl or cyclic N) is 1. The minimum atomic E-state index is -0.843. The van der Waals surface area contributed by atoms with Crippen molar-refractivity contribution in [3.05, 3.63) is 29.8 Å². The van der Waals surface area contributed by atoms with Gasteiger partial charge in [-0.15, -0.1) is 0 Å². The van der Waals surface area contributed by atoms with Gasteiger partial charge in [0.25, 0.3) is 5.91 Å². The zero-order valence-corrected chi connectivity index (χ0v) is 9.60. The van der Waals surface area contributed by atoms with Gasteiger partial charge in [0.2, 0.25) is 0 Å². The Morgan fingerprint density at radius 1 is 1.50 bits per heavy atom. The second kappa shape index (κ2) is 5.30. The van der Waals surface area contributed by atoms with Crippen molar-refractivity contribution in [3.63, 3.8) is 0 Å². The Labute approximate surface area is 103 Å². The number of benzene rings is 1. The Bertz CT molecular complexity index is 453. The largest absolute Gasteiger partial charge is 0.481 e. The molecule has 6 heteroatoms. The van der Waals surface area contributed by atoms with Crippen molar-refractivity contribution < 1.29 is 23.4 Å². The third-order valence-electron chi connectivity index (χ3n) is 2.76. The van der Waals surface area contributed by atoms with Crippen LogP contribution in [0.3, 0.4) is 0 Å². The Morgan fingerprint density at radius 3 is 2.89 bits per heavy atom. The van der Waals surface area contributed by atoms with Crippen LogP contribution in [0.1, 0.15) is 6.42 Å². The maximum atomic E-state index is 13.2. The quantitative estimate of drug-likeness (QED) is 0.876. The Morgan fingerprint density at radius 2 is 2.28 bits per heavy atom. The molecule has 1 aliphatic rings. The Balaban J connectivity index is 1.89. The van der Waals surface area contributed by atoms with Crippen LogP contribution in [0.15, 0.2) is 18.2 Å². The lowest BCUT2D eigenvalue weighted by atomic mass is 10.3. The number of aliphatic hydroxyl groups excluding tert-OH is 1. The standard InChI is InChI=1S/C12H13F2NO3/c13-8-1-2-11(10(14)5-8)18-7-12(17)15-4-3-9(16)6-15/h1-2,5,9,16H,3-4,6-7H2. The van der Waals surface area contributed by atoms with Gasteiger partial charge in [-0.05, 0) is 18.6 Å². The van der Waals surface area contributed by atoms with Crippen LogP contribution in [-0.4, -0.2) is 41.7 Å². The van der Waals surface area contributed by atoms with Gasteiger partial charge >= 0.3 is 0 Å². The molecule has 1 aromatic carbocycles. The lowest BCUT2D eigenvalue weighted by Crippen LogP contribution is -2.33. The predicted molar refractivity (Wildman–Crippen MR) is 59.1 cm³/mol. The maximum absolute atomic E-state index is 13.2. The molecular weight excluding hydrogens is 244 g/mol. The van der Waals surface area contributed by atoms with Crippen molar-refractivity contribution in [3.8, 4) is 5.75 Å². The van der Waals surface area contributed by atoms with E-state index in [0.29, 0.717) is 19.0 Å². The molecule has 0 radical (unpaired) electrons. The second-order valence-electron chi connectivity index (χ2n) is 4.15. The molecule has 1 atom stereocenters. The van der Waals surface area contributed by atoms with E-state index < -0.39 is 17.7 Å². The number of ether oxygens (including phenoxy) is 1. The molecule has 18 heavy (non-hydrogen) atoms. The molecule has 0 bridgehead atoms. The highest BCUT2D eigenvalue weighted by Crippen LogP contribution is 2.18. The van der Waals surface area contributed by atoms with Gasteiger partial charge in [-0.3, -0.25) is 4.79 Å². The molecule has 0 aromatic heterocycles. The van der Waals surface area contributed by atoms with Crippen LogP contribution in [0.2, 0.25) is 0 Å². The molecule has 0 aliphatic carbocycles. The lowest BCUT2D eigenvalue weighted by molar-refractivity contribution is -0.132. The molecule has 1 aliphatic heterocycles. The second-order valence-corrected chi connectivity index (χ2v) is 4.15. The summed E-state index contributed by atoms with van der Waals surface area (Å²) < 4.78 is 30.8. The van der Waals surface area contributed by atoms with E-state index in [9.17, 15) is 18.7 Å². The van der Waals surface area contributed by atoms with E-state index >= 15 is 0 Å². The highest BCUT2D eigenvalue weighted by Gasteiger charge is 2.24. The third kappa shape index (κ3) is 2.95. The first-order valence-corrected chi connectivity index (χ1v) is 5.60. The van der Waals surface area contributed by atoms with Gasteiger partial charge in [-0.25, -0.2) is 8.78 Å². The lowest BCUT2D eigenvalue weighted by Gasteiger charge is -2.15. The number of aliphatic hydroxyl groups is 1. The summed E-state index contributed by atoms with van der Waals surface area (Å²) in [5.41, 5.74) is 0. The van der Waals surface area contributed by atoms with Crippen LogP contribution in [0.25, 0.3) is 0 Å². The highest BCUT2D eigenvalue weighted by atomic mass is 19.1. The van der Waals surface area contributed by atoms with Crippen molar-refractivity contribution in [1.82, 2.24) is 4.90 Å². The first kappa shape index (κ1) is 12.8. The summed E-state index contributed by atoms with van der Waals surface area (Å²) in [7, 11) is 0. The smallest absolute Gasteiger partial charge is 0.260 e. The summed E-state index contributed by atoms with van der Waals surface area (Å²) in [6.07, 6.45) is 0.0351. The zero-order valence-electron chi connectivity index (χ0n) is 9.60. The van der Waals surface area contributed by atoms with Crippen LogP contribution in [0.4, 0.5) is 8.78 Å². The highest BCUT2D eigenvalue weighted by molar-refractivity contribution is 5.78. The fraction of sp³-hybridized carbons (Fsp3) is 0.417. The maximum Gasteiger partial charge on any atom is 0.260 e.